The Morgan fingerprint density at radius 2 is 1.90 bits per heavy atom. The average Bonchev–Trinajstić information content (AvgIpc) is 2.68. The second-order valence-electron chi connectivity index (χ2n) is 6.21. The highest BCUT2D eigenvalue weighted by molar-refractivity contribution is 6.30. The van der Waals surface area contributed by atoms with Crippen LogP contribution < -0.4 is 10.6 Å². The van der Waals surface area contributed by atoms with Crippen molar-refractivity contribution < 1.29 is 0 Å². The van der Waals surface area contributed by atoms with Gasteiger partial charge in [-0.25, -0.2) is 0 Å². The van der Waals surface area contributed by atoms with Gasteiger partial charge in [-0.15, -0.1) is 0 Å². The standard InChI is InChI=1S/C17H27ClN2/c1-13(19)11-14-9-10-15(18)12-17(14)20(2)16-7-5-3-4-6-8-16/h9-10,12-13,16H,3-8,11,19H2,1-2H3. The molecule has 112 valence electrons. The maximum atomic E-state index is 6.21. The van der Waals surface area contributed by atoms with Crippen LogP contribution >= 0.6 is 11.6 Å². The summed E-state index contributed by atoms with van der Waals surface area (Å²) in [6.07, 6.45) is 8.94. The number of nitrogens with zero attached hydrogens (tertiary/aromatic N) is 1. The quantitative estimate of drug-likeness (QED) is 0.835. The van der Waals surface area contributed by atoms with Gasteiger partial charge < -0.3 is 10.6 Å². The van der Waals surface area contributed by atoms with Crippen LogP contribution in [0.5, 0.6) is 0 Å². The molecular weight excluding hydrogens is 268 g/mol. The van der Waals surface area contributed by atoms with Crippen molar-refractivity contribution in [2.24, 2.45) is 5.73 Å². The van der Waals surface area contributed by atoms with Gasteiger partial charge in [-0.2, -0.15) is 0 Å². The van der Waals surface area contributed by atoms with Gasteiger partial charge in [0, 0.05) is 29.8 Å². The Labute approximate surface area is 128 Å². The molecule has 0 aromatic heterocycles. The van der Waals surface area contributed by atoms with Crippen molar-refractivity contribution in [3.8, 4) is 0 Å². The van der Waals surface area contributed by atoms with Gasteiger partial charge in [0.25, 0.3) is 0 Å². The molecule has 2 nitrogen and oxygen atoms in total. The fourth-order valence-corrected chi connectivity index (χ4v) is 3.39. The normalized spacial score (nSPS) is 18.6. The summed E-state index contributed by atoms with van der Waals surface area (Å²) >= 11 is 6.21. The fraction of sp³-hybridized carbons (Fsp3) is 0.647. The van der Waals surface area contributed by atoms with Crippen molar-refractivity contribution in [2.75, 3.05) is 11.9 Å². The summed E-state index contributed by atoms with van der Waals surface area (Å²) in [5.41, 5.74) is 8.56. The molecule has 0 aliphatic heterocycles. The van der Waals surface area contributed by atoms with Crippen molar-refractivity contribution in [3.63, 3.8) is 0 Å². The van der Waals surface area contributed by atoms with Crippen molar-refractivity contribution in [1.82, 2.24) is 0 Å². The Balaban J connectivity index is 2.22. The molecule has 0 spiro atoms. The number of benzene rings is 1. The summed E-state index contributed by atoms with van der Waals surface area (Å²) in [6, 6.07) is 7.03. The number of nitrogens with two attached hydrogens (primary N) is 1. The molecule has 1 aliphatic carbocycles. The van der Waals surface area contributed by atoms with E-state index in [-0.39, 0.29) is 6.04 Å². The van der Waals surface area contributed by atoms with Crippen LogP contribution in [0.4, 0.5) is 5.69 Å². The summed E-state index contributed by atoms with van der Waals surface area (Å²) in [5.74, 6) is 0. The molecule has 0 amide bonds. The zero-order valence-electron chi connectivity index (χ0n) is 12.7. The summed E-state index contributed by atoms with van der Waals surface area (Å²) in [6.45, 7) is 2.06. The maximum absolute atomic E-state index is 6.21. The lowest BCUT2D eigenvalue weighted by Crippen LogP contribution is -2.32. The van der Waals surface area contributed by atoms with E-state index in [1.807, 2.05) is 6.07 Å². The molecule has 1 atom stereocenters. The lowest BCUT2D eigenvalue weighted by atomic mass is 10.0. The Morgan fingerprint density at radius 3 is 2.50 bits per heavy atom. The summed E-state index contributed by atoms with van der Waals surface area (Å²) in [7, 11) is 2.21. The number of anilines is 1. The molecule has 0 saturated heterocycles. The van der Waals surface area contributed by atoms with E-state index in [1.54, 1.807) is 0 Å². The van der Waals surface area contributed by atoms with E-state index in [9.17, 15) is 0 Å². The van der Waals surface area contributed by atoms with E-state index in [4.69, 9.17) is 17.3 Å². The Kier molecular flexibility index (Phi) is 5.74. The molecule has 2 rings (SSSR count). The van der Waals surface area contributed by atoms with E-state index in [1.165, 1.54) is 49.8 Å². The fourth-order valence-electron chi connectivity index (χ4n) is 3.23. The molecule has 0 radical (unpaired) electrons. The zero-order chi connectivity index (χ0) is 14.5. The highest BCUT2D eigenvalue weighted by atomic mass is 35.5. The van der Waals surface area contributed by atoms with Crippen molar-refractivity contribution in [2.45, 2.75) is 64.0 Å². The van der Waals surface area contributed by atoms with Crippen LogP contribution in [0.15, 0.2) is 18.2 Å². The van der Waals surface area contributed by atoms with E-state index >= 15 is 0 Å². The number of hydrogen-bond donors (Lipinski definition) is 1. The number of hydrogen-bond acceptors (Lipinski definition) is 2. The maximum Gasteiger partial charge on any atom is 0.0426 e. The monoisotopic (exact) mass is 294 g/mol. The first-order valence-electron chi connectivity index (χ1n) is 7.85. The number of halogens is 1. The molecule has 20 heavy (non-hydrogen) atoms. The van der Waals surface area contributed by atoms with Gasteiger partial charge in [0.1, 0.15) is 0 Å². The SMILES string of the molecule is CC(N)Cc1ccc(Cl)cc1N(C)C1CCCCCC1. The van der Waals surface area contributed by atoms with E-state index < -0.39 is 0 Å². The first kappa shape index (κ1) is 15.7. The van der Waals surface area contributed by atoms with Crippen LogP contribution in [-0.4, -0.2) is 19.1 Å². The minimum Gasteiger partial charge on any atom is -0.371 e. The molecule has 3 heteroatoms. The second-order valence-corrected chi connectivity index (χ2v) is 6.65. The van der Waals surface area contributed by atoms with Gasteiger partial charge in [0.2, 0.25) is 0 Å². The topological polar surface area (TPSA) is 29.3 Å². The smallest absolute Gasteiger partial charge is 0.0426 e. The predicted octanol–water partition coefficient (Wildman–Crippen LogP) is 4.39. The number of rotatable bonds is 4. The van der Waals surface area contributed by atoms with Crippen LogP contribution in [-0.2, 0) is 6.42 Å². The van der Waals surface area contributed by atoms with Crippen LogP contribution in [0.2, 0.25) is 5.02 Å². The van der Waals surface area contributed by atoms with Crippen molar-refractivity contribution >= 4 is 17.3 Å². The first-order chi connectivity index (χ1) is 9.58. The van der Waals surface area contributed by atoms with Gasteiger partial charge in [0.15, 0.2) is 0 Å². The largest absolute Gasteiger partial charge is 0.371 e. The minimum atomic E-state index is 0.178. The molecule has 2 N–H and O–H groups in total. The van der Waals surface area contributed by atoms with E-state index in [0.29, 0.717) is 6.04 Å². The Hall–Kier alpha value is -0.730. The molecule has 1 saturated carbocycles. The highest BCUT2D eigenvalue weighted by Crippen LogP contribution is 2.30. The van der Waals surface area contributed by atoms with Gasteiger partial charge in [-0.05, 0) is 43.9 Å². The Bertz CT molecular complexity index is 423. The predicted molar refractivity (Wildman–Crippen MR) is 88.7 cm³/mol. The Morgan fingerprint density at radius 1 is 1.25 bits per heavy atom. The van der Waals surface area contributed by atoms with Gasteiger partial charge in [-0.3, -0.25) is 0 Å². The molecular formula is C17H27ClN2. The van der Waals surface area contributed by atoms with Crippen molar-refractivity contribution in [1.29, 1.82) is 0 Å². The van der Waals surface area contributed by atoms with Crippen molar-refractivity contribution in [3.05, 3.63) is 28.8 Å². The third kappa shape index (κ3) is 4.13. The first-order valence-corrected chi connectivity index (χ1v) is 8.22. The molecule has 1 aliphatic rings. The summed E-state index contributed by atoms with van der Waals surface area (Å²) in [4.78, 5) is 2.44. The lowest BCUT2D eigenvalue weighted by Gasteiger charge is -2.31. The third-order valence-corrected chi connectivity index (χ3v) is 4.58. The molecule has 1 fully saturated rings. The van der Waals surface area contributed by atoms with Crippen LogP contribution in [0.25, 0.3) is 0 Å². The minimum absolute atomic E-state index is 0.178. The molecule has 0 heterocycles. The molecule has 1 unspecified atom stereocenters. The van der Waals surface area contributed by atoms with Crippen LogP contribution in [0.3, 0.4) is 0 Å². The van der Waals surface area contributed by atoms with Gasteiger partial charge in [-0.1, -0.05) is 43.4 Å². The van der Waals surface area contributed by atoms with Crippen LogP contribution in [0, 0.1) is 0 Å². The zero-order valence-corrected chi connectivity index (χ0v) is 13.5. The van der Waals surface area contributed by atoms with Gasteiger partial charge in [0.05, 0.1) is 0 Å². The average molecular weight is 295 g/mol. The summed E-state index contributed by atoms with van der Waals surface area (Å²) in [5, 5.41) is 0.814. The van der Waals surface area contributed by atoms with E-state index in [0.717, 1.165) is 11.4 Å². The van der Waals surface area contributed by atoms with Crippen LogP contribution in [0.1, 0.15) is 51.0 Å². The van der Waals surface area contributed by atoms with Gasteiger partial charge >= 0.3 is 0 Å². The van der Waals surface area contributed by atoms with E-state index in [2.05, 4.69) is 31.0 Å². The molecule has 0 bridgehead atoms. The second kappa shape index (κ2) is 7.33. The highest BCUT2D eigenvalue weighted by Gasteiger charge is 2.19. The molecule has 1 aromatic carbocycles. The lowest BCUT2D eigenvalue weighted by molar-refractivity contribution is 0.551. The molecule has 1 aromatic rings. The third-order valence-electron chi connectivity index (χ3n) is 4.34. The summed E-state index contributed by atoms with van der Waals surface area (Å²) < 4.78 is 0.